The second kappa shape index (κ2) is 4.29. The van der Waals surface area contributed by atoms with Crippen molar-refractivity contribution in [2.45, 2.75) is 18.1 Å². The Labute approximate surface area is 95.0 Å². The molecule has 0 radical (unpaired) electrons. The summed E-state index contributed by atoms with van der Waals surface area (Å²) >= 11 is 0. The third-order valence-electron chi connectivity index (χ3n) is 2.76. The number of pyridine rings is 1. The first-order valence-corrected chi connectivity index (χ1v) is 6.95. The molecule has 1 unspecified atom stereocenters. The van der Waals surface area contributed by atoms with Gasteiger partial charge in [-0.25, -0.2) is 8.42 Å². The lowest BCUT2D eigenvalue weighted by molar-refractivity contribution is 0.591. The van der Waals surface area contributed by atoms with Crippen molar-refractivity contribution in [3.8, 4) is 0 Å². The first kappa shape index (κ1) is 11.2. The topological polar surface area (TPSA) is 85.1 Å². The van der Waals surface area contributed by atoms with E-state index in [0.717, 1.165) is 18.5 Å². The number of aromatic nitrogens is 1. The highest BCUT2D eigenvalue weighted by molar-refractivity contribution is 7.92. The molecule has 1 aliphatic rings. The predicted molar refractivity (Wildman–Crippen MR) is 63.9 cm³/mol. The van der Waals surface area contributed by atoms with Crippen molar-refractivity contribution in [2.75, 3.05) is 23.3 Å². The van der Waals surface area contributed by atoms with Gasteiger partial charge < -0.3 is 11.1 Å². The van der Waals surface area contributed by atoms with Gasteiger partial charge in [0.1, 0.15) is 0 Å². The van der Waals surface area contributed by atoms with Crippen molar-refractivity contribution >= 4 is 21.2 Å². The zero-order chi connectivity index (χ0) is 11.6. The molecule has 1 atom stereocenters. The summed E-state index contributed by atoms with van der Waals surface area (Å²) in [5.74, 6) is 0.314. The lowest BCUT2D eigenvalue weighted by Gasteiger charge is -2.11. The molecule has 0 amide bonds. The molecule has 6 heteroatoms. The summed E-state index contributed by atoms with van der Waals surface area (Å²) < 4.78 is 23.1. The Kier molecular flexibility index (Phi) is 3.00. The van der Waals surface area contributed by atoms with Crippen LogP contribution in [0.15, 0.2) is 18.5 Å². The molecule has 88 valence electrons. The van der Waals surface area contributed by atoms with Gasteiger partial charge in [-0.15, -0.1) is 0 Å². The van der Waals surface area contributed by atoms with Crippen LogP contribution in [0.2, 0.25) is 0 Å². The summed E-state index contributed by atoms with van der Waals surface area (Å²) in [6, 6.07) is 1.74. The third kappa shape index (κ3) is 2.44. The summed E-state index contributed by atoms with van der Waals surface area (Å²) in [5.41, 5.74) is 6.91. The van der Waals surface area contributed by atoms with Crippen molar-refractivity contribution in [1.82, 2.24) is 4.98 Å². The number of sulfone groups is 1. The predicted octanol–water partition coefficient (Wildman–Crippen LogP) is 0.653. The lowest BCUT2D eigenvalue weighted by atomic mass is 10.2. The average Bonchev–Trinajstić information content (AvgIpc) is 2.55. The van der Waals surface area contributed by atoms with Gasteiger partial charge in [0.2, 0.25) is 0 Å². The number of nitrogens with two attached hydrogens (primary N) is 1. The van der Waals surface area contributed by atoms with Gasteiger partial charge in [0.25, 0.3) is 0 Å². The van der Waals surface area contributed by atoms with Gasteiger partial charge in [-0.05, 0) is 18.9 Å². The molecule has 1 saturated heterocycles. The molecule has 5 nitrogen and oxygen atoms in total. The van der Waals surface area contributed by atoms with Crippen molar-refractivity contribution in [3.05, 3.63) is 18.5 Å². The fourth-order valence-corrected chi connectivity index (χ4v) is 3.64. The number of hydrogen-bond donors (Lipinski definition) is 2. The molecule has 0 saturated carbocycles. The third-order valence-corrected chi connectivity index (χ3v) is 5.03. The maximum atomic E-state index is 11.6. The molecule has 1 aromatic heterocycles. The summed E-state index contributed by atoms with van der Waals surface area (Å²) in [6.07, 6.45) is 4.70. The highest BCUT2D eigenvalue weighted by Gasteiger charge is 2.30. The molecule has 0 aliphatic carbocycles. The molecular formula is C10H15N3O2S. The molecule has 0 bridgehead atoms. The standard InChI is InChI=1S/C10H15N3O2S/c11-8-4-9(6-12-5-8)13-7-10-2-1-3-16(10,14)15/h4-6,10,13H,1-3,7,11H2. The Morgan fingerprint density at radius 2 is 2.31 bits per heavy atom. The molecule has 0 spiro atoms. The first-order valence-electron chi connectivity index (χ1n) is 5.24. The van der Waals surface area contributed by atoms with Gasteiger partial charge in [-0.3, -0.25) is 4.98 Å². The van der Waals surface area contributed by atoms with Crippen molar-refractivity contribution < 1.29 is 8.42 Å². The van der Waals surface area contributed by atoms with Crippen LogP contribution in [-0.4, -0.2) is 30.9 Å². The molecule has 0 aromatic carbocycles. The quantitative estimate of drug-likeness (QED) is 0.811. The van der Waals surface area contributed by atoms with Crippen LogP contribution in [0.5, 0.6) is 0 Å². The largest absolute Gasteiger partial charge is 0.397 e. The van der Waals surface area contributed by atoms with Gasteiger partial charge in [0.05, 0.1) is 28.6 Å². The zero-order valence-electron chi connectivity index (χ0n) is 8.89. The van der Waals surface area contributed by atoms with Gasteiger partial charge in [0, 0.05) is 12.7 Å². The van der Waals surface area contributed by atoms with E-state index in [9.17, 15) is 8.42 Å². The monoisotopic (exact) mass is 241 g/mol. The Balaban J connectivity index is 1.98. The van der Waals surface area contributed by atoms with Crippen LogP contribution < -0.4 is 11.1 Å². The van der Waals surface area contributed by atoms with Crippen molar-refractivity contribution in [3.63, 3.8) is 0 Å². The summed E-state index contributed by atoms with van der Waals surface area (Å²) in [5, 5.41) is 2.79. The molecule has 1 fully saturated rings. The summed E-state index contributed by atoms with van der Waals surface area (Å²) in [7, 11) is -2.88. The SMILES string of the molecule is Nc1cncc(NCC2CCCS2(=O)=O)c1. The van der Waals surface area contributed by atoms with E-state index in [0.29, 0.717) is 18.0 Å². The average molecular weight is 241 g/mol. The Hall–Kier alpha value is -1.30. The van der Waals surface area contributed by atoms with Crippen molar-refractivity contribution in [2.24, 2.45) is 0 Å². The maximum absolute atomic E-state index is 11.6. The van der Waals surface area contributed by atoms with Gasteiger partial charge in [-0.1, -0.05) is 0 Å². The summed E-state index contributed by atoms with van der Waals surface area (Å²) in [6.45, 7) is 0.438. The summed E-state index contributed by atoms with van der Waals surface area (Å²) in [4.78, 5) is 3.93. The zero-order valence-corrected chi connectivity index (χ0v) is 9.70. The molecule has 2 rings (SSSR count). The van der Waals surface area contributed by atoms with E-state index in [2.05, 4.69) is 10.3 Å². The number of rotatable bonds is 3. The lowest BCUT2D eigenvalue weighted by Crippen LogP contribution is -2.25. The van der Waals surface area contributed by atoms with E-state index in [1.807, 2.05) is 0 Å². The van der Waals surface area contributed by atoms with E-state index in [1.165, 1.54) is 0 Å². The van der Waals surface area contributed by atoms with E-state index in [-0.39, 0.29) is 5.25 Å². The second-order valence-corrected chi connectivity index (χ2v) is 6.42. The van der Waals surface area contributed by atoms with E-state index in [1.54, 1.807) is 18.5 Å². The van der Waals surface area contributed by atoms with Crippen LogP contribution >= 0.6 is 0 Å². The maximum Gasteiger partial charge on any atom is 0.154 e. The van der Waals surface area contributed by atoms with Crippen LogP contribution in [0.3, 0.4) is 0 Å². The normalized spacial score (nSPS) is 23.1. The second-order valence-electron chi connectivity index (χ2n) is 4.02. The molecule has 2 heterocycles. The Morgan fingerprint density at radius 1 is 1.50 bits per heavy atom. The fourth-order valence-electron chi connectivity index (χ4n) is 1.87. The first-order chi connectivity index (χ1) is 7.58. The van der Waals surface area contributed by atoms with Gasteiger partial charge >= 0.3 is 0 Å². The van der Waals surface area contributed by atoms with Crippen LogP contribution in [0.25, 0.3) is 0 Å². The minimum absolute atomic E-state index is 0.270. The number of hydrogen-bond acceptors (Lipinski definition) is 5. The molecular weight excluding hydrogens is 226 g/mol. The number of nitrogen functional groups attached to an aromatic ring is 1. The Bertz CT molecular complexity index is 473. The van der Waals surface area contributed by atoms with Crippen molar-refractivity contribution in [1.29, 1.82) is 0 Å². The minimum Gasteiger partial charge on any atom is -0.397 e. The van der Waals surface area contributed by atoms with E-state index >= 15 is 0 Å². The number of anilines is 2. The molecule has 1 aromatic rings. The van der Waals surface area contributed by atoms with E-state index in [4.69, 9.17) is 5.73 Å². The highest BCUT2D eigenvalue weighted by Crippen LogP contribution is 2.20. The van der Waals surface area contributed by atoms with Crippen LogP contribution in [-0.2, 0) is 9.84 Å². The van der Waals surface area contributed by atoms with E-state index < -0.39 is 9.84 Å². The van der Waals surface area contributed by atoms with Crippen LogP contribution in [0, 0.1) is 0 Å². The molecule has 16 heavy (non-hydrogen) atoms. The number of nitrogens with one attached hydrogen (secondary N) is 1. The molecule has 3 N–H and O–H groups in total. The minimum atomic E-state index is -2.88. The fraction of sp³-hybridized carbons (Fsp3) is 0.500. The smallest absolute Gasteiger partial charge is 0.154 e. The van der Waals surface area contributed by atoms with Crippen LogP contribution in [0.4, 0.5) is 11.4 Å². The molecule has 1 aliphatic heterocycles. The highest BCUT2D eigenvalue weighted by atomic mass is 32.2. The van der Waals surface area contributed by atoms with Gasteiger partial charge in [-0.2, -0.15) is 0 Å². The number of nitrogens with zero attached hydrogens (tertiary/aromatic N) is 1. The Morgan fingerprint density at radius 3 is 2.94 bits per heavy atom. The van der Waals surface area contributed by atoms with Gasteiger partial charge in [0.15, 0.2) is 9.84 Å². The van der Waals surface area contributed by atoms with Crippen LogP contribution in [0.1, 0.15) is 12.8 Å².